The van der Waals surface area contributed by atoms with Gasteiger partial charge in [0.2, 0.25) is 5.91 Å². The topological polar surface area (TPSA) is 123 Å². The van der Waals surface area contributed by atoms with E-state index in [1.807, 2.05) is 0 Å². The van der Waals surface area contributed by atoms with E-state index in [0.717, 1.165) is 0 Å². The maximum absolute atomic E-state index is 10.8. The first-order valence-electron chi connectivity index (χ1n) is 3.57. The lowest BCUT2D eigenvalue weighted by atomic mass is 10.2. The highest BCUT2D eigenvalue weighted by Crippen LogP contribution is 2.00. The van der Waals surface area contributed by atoms with Crippen molar-refractivity contribution < 1.29 is 19.1 Å². The van der Waals surface area contributed by atoms with E-state index in [2.05, 4.69) is 10.0 Å². The SMILES string of the molecule is O=[P+](O)O.[N-]=[N+]=NC(=O)c1ccccc1. The summed E-state index contributed by atoms with van der Waals surface area (Å²) in [6.45, 7) is 0. The first kappa shape index (κ1) is 13.2. The van der Waals surface area contributed by atoms with Gasteiger partial charge in [-0.25, -0.2) is 0 Å². The average Bonchev–Trinajstić information content (AvgIpc) is 2.19. The number of carbonyl (C=O) groups is 1. The predicted octanol–water partition coefficient (Wildman–Crippen LogP) is 1.77. The molecule has 0 unspecified atom stereocenters. The molecule has 0 saturated carbocycles. The summed E-state index contributed by atoms with van der Waals surface area (Å²) < 4.78 is 8.70. The fourth-order valence-electron chi connectivity index (χ4n) is 0.679. The van der Waals surface area contributed by atoms with Crippen LogP contribution >= 0.6 is 8.25 Å². The minimum atomic E-state index is -2.87. The molecule has 0 aromatic heterocycles. The van der Waals surface area contributed by atoms with Crippen LogP contribution in [0.1, 0.15) is 10.4 Å². The van der Waals surface area contributed by atoms with Gasteiger partial charge in [0.05, 0.1) is 0 Å². The van der Waals surface area contributed by atoms with Gasteiger partial charge in [0.25, 0.3) is 0 Å². The molecule has 1 aromatic carbocycles. The summed E-state index contributed by atoms with van der Waals surface area (Å²) in [5, 5.41) is 2.94. The third kappa shape index (κ3) is 7.30. The van der Waals surface area contributed by atoms with Crippen molar-refractivity contribution in [1.29, 1.82) is 0 Å². The van der Waals surface area contributed by atoms with Gasteiger partial charge in [-0.15, -0.1) is 9.79 Å². The zero-order chi connectivity index (χ0) is 11.7. The molecule has 1 rings (SSSR count). The number of benzene rings is 1. The lowest BCUT2D eigenvalue weighted by Crippen LogP contribution is -1.90. The second-order valence-electron chi connectivity index (χ2n) is 2.11. The standard InChI is InChI=1S/C7H5N3O.HO3P/c8-10-9-7(11)6-4-2-1-3-5-6;1-4(2)3/h1-5H;(H-,1,2,3)/p+1. The highest BCUT2D eigenvalue weighted by atomic mass is 31.1. The van der Waals surface area contributed by atoms with E-state index < -0.39 is 14.2 Å². The van der Waals surface area contributed by atoms with E-state index in [1.54, 1.807) is 30.3 Å². The number of azide groups is 1. The monoisotopic (exact) mass is 228 g/mol. The van der Waals surface area contributed by atoms with Gasteiger partial charge in [0.1, 0.15) is 0 Å². The van der Waals surface area contributed by atoms with Crippen molar-refractivity contribution in [2.45, 2.75) is 0 Å². The molecular weight excluding hydrogens is 221 g/mol. The van der Waals surface area contributed by atoms with Gasteiger partial charge in [-0.1, -0.05) is 30.3 Å². The van der Waals surface area contributed by atoms with Crippen LogP contribution in [0.5, 0.6) is 0 Å². The molecule has 0 bridgehead atoms. The van der Waals surface area contributed by atoms with Crippen molar-refractivity contribution in [1.82, 2.24) is 0 Å². The molecule has 0 aliphatic heterocycles. The Labute approximate surface area is 85.6 Å². The maximum atomic E-state index is 10.8. The molecule has 0 saturated heterocycles. The van der Waals surface area contributed by atoms with Crippen LogP contribution in [0.2, 0.25) is 0 Å². The van der Waals surface area contributed by atoms with Gasteiger partial charge in [0.15, 0.2) is 0 Å². The molecule has 0 heterocycles. The summed E-state index contributed by atoms with van der Waals surface area (Å²) in [6, 6.07) is 8.39. The maximum Gasteiger partial charge on any atom is 0.692 e. The van der Waals surface area contributed by atoms with Crippen molar-refractivity contribution in [3.8, 4) is 0 Å². The van der Waals surface area contributed by atoms with Crippen LogP contribution in [0.25, 0.3) is 10.4 Å². The average molecular weight is 228 g/mol. The largest absolute Gasteiger partial charge is 0.692 e. The fourth-order valence-corrected chi connectivity index (χ4v) is 0.679. The Morgan fingerprint density at radius 1 is 1.33 bits per heavy atom. The van der Waals surface area contributed by atoms with Crippen LogP contribution in [0.4, 0.5) is 0 Å². The smallest absolute Gasteiger partial charge is 0.287 e. The van der Waals surface area contributed by atoms with Crippen molar-refractivity contribution >= 4 is 14.2 Å². The molecular formula is C7H7N3O4P+. The Morgan fingerprint density at radius 3 is 2.20 bits per heavy atom. The van der Waals surface area contributed by atoms with E-state index >= 15 is 0 Å². The zero-order valence-electron chi connectivity index (χ0n) is 7.39. The van der Waals surface area contributed by atoms with Gasteiger partial charge in [-0.3, -0.25) is 4.79 Å². The van der Waals surface area contributed by atoms with Crippen molar-refractivity contribution in [3.05, 3.63) is 46.3 Å². The molecule has 0 radical (unpaired) electrons. The van der Waals surface area contributed by atoms with E-state index in [-0.39, 0.29) is 0 Å². The first-order valence-corrected chi connectivity index (χ1v) is 4.74. The second-order valence-corrected chi connectivity index (χ2v) is 2.62. The molecule has 2 N–H and O–H groups in total. The van der Waals surface area contributed by atoms with Crippen molar-refractivity contribution in [3.63, 3.8) is 0 Å². The number of rotatable bonds is 1. The van der Waals surface area contributed by atoms with Crippen LogP contribution < -0.4 is 0 Å². The van der Waals surface area contributed by atoms with Crippen LogP contribution in [0, 0.1) is 0 Å². The molecule has 0 spiro atoms. The van der Waals surface area contributed by atoms with E-state index in [9.17, 15) is 4.79 Å². The number of hydrogen-bond donors (Lipinski definition) is 2. The quantitative estimate of drug-likeness (QED) is 0.329. The minimum absolute atomic E-state index is 0.408. The van der Waals surface area contributed by atoms with Crippen LogP contribution in [-0.2, 0) is 4.57 Å². The van der Waals surface area contributed by atoms with Crippen molar-refractivity contribution in [2.24, 2.45) is 5.11 Å². The van der Waals surface area contributed by atoms with Gasteiger partial charge in [-0.2, -0.15) is 0 Å². The molecule has 78 valence electrons. The molecule has 0 aliphatic carbocycles. The normalized spacial score (nSPS) is 7.87. The van der Waals surface area contributed by atoms with E-state index in [0.29, 0.717) is 5.56 Å². The van der Waals surface area contributed by atoms with Crippen LogP contribution in [0.3, 0.4) is 0 Å². The molecule has 0 fully saturated rings. The molecule has 8 heteroatoms. The lowest BCUT2D eigenvalue weighted by molar-refractivity contribution is 0.100. The highest BCUT2D eigenvalue weighted by Gasteiger charge is 1.98. The Kier molecular flexibility index (Phi) is 6.70. The molecule has 0 atom stereocenters. The minimum Gasteiger partial charge on any atom is -0.287 e. The molecule has 1 amide bonds. The molecule has 0 aliphatic rings. The number of amides is 1. The Hall–Kier alpha value is -1.78. The number of nitrogens with zero attached hydrogens (tertiary/aromatic N) is 3. The van der Waals surface area contributed by atoms with Crippen LogP contribution in [-0.4, -0.2) is 15.7 Å². The predicted molar refractivity (Wildman–Crippen MR) is 52.0 cm³/mol. The second kappa shape index (κ2) is 7.61. The molecule has 15 heavy (non-hydrogen) atoms. The fraction of sp³-hybridized carbons (Fsp3) is 0. The molecule has 7 nitrogen and oxygen atoms in total. The summed E-state index contributed by atoms with van der Waals surface area (Å²) in [4.78, 5) is 27.5. The van der Waals surface area contributed by atoms with Gasteiger partial charge >= 0.3 is 8.25 Å². The Bertz CT molecular complexity index is 384. The zero-order valence-corrected chi connectivity index (χ0v) is 8.28. The Morgan fingerprint density at radius 2 is 1.80 bits per heavy atom. The molecule has 1 aromatic rings. The summed E-state index contributed by atoms with van der Waals surface area (Å²) in [6.07, 6.45) is 0. The van der Waals surface area contributed by atoms with E-state index in [4.69, 9.17) is 19.9 Å². The number of carbonyl (C=O) groups excluding carboxylic acids is 1. The third-order valence-electron chi connectivity index (χ3n) is 1.16. The van der Waals surface area contributed by atoms with Gasteiger partial charge in [0, 0.05) is 15.0 Å². The summed E-state index contributed by atoms with van der Waals surface area (Å²) >= 11 is 0. The van der Waals surface area contributed by atoms with Crippen LogP contribution in [0.15, 0.2) is 35.4 Å². The van der Waals surface area contributed by atoms with Gasteiger partial charge in [-0.05, 0) is 10.6 Å². The summed E-state index contributed by atoms with van der Waals surface area (Å²) in [7, 11) is -2.87. The first-order chi connectivity index (χ1) is 7.07. The van der Waals surface area contributed by atoms with Crippen molar-refractivity contribution in [2.75, 3.05) is 0 Å². The van der Waals surface area contributed by atoms with Gasteiger partial charge < -0.3 is 0 Å². The summed E-state index contributed by atoms with van der Waals surface area (Å²) in [5.41, 5.74) is 8.34. The Balaban J connectivity index is 0.000000423. The third-order valence-corrected chi connectivity index (χ3v) is 1.16. The lowest BCUT2D eigenvalue weighted by Gasteiger charge is -1.89. The summed E-state index contributed by atoms with van der Waals surface area (Å²) in [5.74, 6) is -0.548. The van der Waals surface area contributed by atoms with E-state index in [1.165, 1.54) is 0 Å². The number of hydrogen-bond acceptors (Lipinski definition) is 2. The highest BCUT2D eigenvalue weighted by molar-refractivity contribution is 7.30.